The first-order valence-corrected chi connectivity index (χ1v) is 10.4. The summed E-state index contributed by atoms with van der Waals surface area (Å²) < 4.78 is 4.39. The molecule has 0 heterocycles. The molecule has 0 saturated heterocycles. The second-order valence-corrected chi connectivity index (χ2v) is 9.03. The van der Waals surface area contributed by atoms with Gasteiger partial charge in [0.2, 0.25) is 0 Å². The molecule has 0 saturated carbocycles. The third-order valence-corrected chi connectivity index (χ3v) is 7.85. The van der Waals surface area contributed by atoms with Crippen molar-refractivity contribution in [3.63, 3.8) is 0 Å². The molecule has 0 aromatic heterocycles. The van der Waals surface area contributed by atoms with E-state index < -0.39 is 14.1 Å². The topological polar surface area (TPSA) is 0 Å². The average Bonchev–Trinajstić information content (AvgIpc) is 2.71. The second-order valence-electron chi connectivity index (χ2n) is 6.21. The van der Waals surface area contributed by atoms with Crippen LogP contribution in [-0.4, -0.2) is 14.1 Å². The van der Waals surface area contributed by atoms with Crippen LogP contribution in [0.5, 0.6) is 0 Å². The molecule has 4 aromatic rings. The SMILES string of the molecule is c1ccc(-c2cccc[c]2[Al]([c]2ccccc2)[c]2ccccc2)cc1. The largest absolute Gasteiger partial charge is 0.384 e. The van der Waals surface area contributed by atoms with Crippen LogP contribution >= 0.6 is 0 Å². The van der Waals surface area contributed by atoms with Gasteiger partial charge in [0.05, 0.1) is 0 Å². The molecular weight excluding hydrogens is 315 g/mol. The molecule has 4 aromatic carbocycles. The fraction of sp³-hybridized carbons (Fsp3) is 0. The quantitative estimate of drug-likeness (QED) is 0.497. The van der Waals surface area contributed by atoms with E-state index in [9.17, 15) is 0 Å². The summed E-state index contributed by atoms with van der Waals surface area (Å²) in [6, 6.07) is 41.6. The molecule has 0 bridgehead atoms. The van der Waals surface area contributed by atoms with Gasteiger partial charge in [0.15, 0.2) is 0 Å². The molecule has 0 fully saturated rings. The zero-order valence-corrected chi connectivity index (χ0v) is 15.2. The van der Waals surface area contributed by atoms with Gasteiger partial charge in [-0.05, 0) is 11.1 Å². The van der Waals surface area contributed by atoms with Gasteiger partial charge in [-0.2, -0.15) is 0 Å². The molecule has 0 N–H and O–H groups in total. The molecule has 118 valence electrons. The minimum absolute atomic E-state index is 1.29. The molecule has 0 spiro atoms. The molecule has 0 radical (unpaired) electrons. The summed E-state index contributed by atoms with van der Waals surface area (Å²) in [6.07, 6.45) is 0. The summed E-state index contributed by atoms with van der Waals surface area (Å²) in [4.78, 5) is 0. The van der Waals surface area contributed by atoms with Gasteiger partial charge in [-0.15, -0.1) is 0 Å². The van der Waals surface area contributed by atoms with E-state index in [-0.39, 0.29) is 0 Å². The first-order chi connectivity index (χ1) is 12.4. The zero-order chi connectivity index (χ0) is 16.9. The van der Waals surface area contributed by atoms with Gasteiger partial charge in [0, 0.05) is 0 Å². The Morgan fingerprint density at radius 3 is 1.40 bits per heavy atom. The highest BCUT2D eigenvalue weighted by Crippen LogP contribution is 2.17. The Balaban J connectivity index is 1.93. The average molecular weight is 334 g/mol. The standard InChI is InChI=1S/C12H9.2C6H5.Al/c1-3-7-11(8-4-1)12-9-5-2-6-10-12;2*1-2-4-6-5-3-1;/h1-9H;2*1-5H;. The van der Waals surface area contributed by atoms with Crippen LogP contribution in [0.3, 0.4) is 0 Å². The minimum atomic E-state index is -1.52. The summed E-state index contributed by atoms with van der Waals surface area (Å²) in [6.45, 7) is 0. The molecule has 0 nitrogen and oxygen atoms in total. The Hall–Kier alpha value is -2.59. The molecule has 1 heteroatoms. The lowest BCUT2D eigenvalue weighted by atomic mass is 10.1. The fourth-order valence-corrected chi connectivity index (χ4v) is 6.67. The third kappa shape index (κ3) is 3.44. The van der Waals surface area contributed by atoms with Crippen LogP contribution in [0.1, 0.15) is 0 Å². The van der Waals surface area contributed by atoms with Crippen LogP contribution in [0.25, 0.3) is 11.1 Å². The van der Waals surface area contributed by atoms with E-state index in [0.29, 0.717) is 0 Å². The van der Waals surface area contributed by atoms with Gasteiger partial charge in [0.1, 0.15) is 0 Å². The van der Waals surface area contributed by atoms with Crippen molar-refractivity contribution in [3.8, 4) is 11.1 Å². The van der Waals surface area contributed by atoms with Crippen LogP contribution in [-0.2, 0) is 0 Å². The third-order valence-electron chi connectivity index (χ3n) is 4.62. The monoisotopic (exact) mass is 334 g/mol. The highest BCUT2D eigenvalue weighted by atomic mass is 27.2. The number of hydrogen-bond donors (Lipinski definition) is 0. The molecular formula is C24H19Al. The first-order valence-electron chi connectivity index (χ1n) is 8.68. The van der Waals surface area contributed by atoms with Gasteiger partial charge >= 0.3 is 14.1 Å². The predicted octanol–water partition coefficient (Wildman–Crippen LogP) is 3.87. The van der Waals surface area contributed by atoms with Crippen molar-refractivity contribution in [1.82, 2.24) is 0 Å². The summed E-state index contributed by atoms with van der Waals surface area (Å²) >= 11 is -1.52. The minimum Gasteiger partial charge on any atom is -0.0985 e. The van der Waals surface area contributed by atoms with E-state index >= 15 is 0 Å². The summed E-state index contributed by atoms with van der Waals surface area (Å²) in [5.74, 6) is 0. The highest BCUT2D eigenvalue weighted by molar-refractivity contribution is 6.96. The number of hydrogen-bond acceptors (Lipinski definition) is 0. The van der Waals surface area contributed by atoms with Gasteiger partial charge < -0.3 is 0 Å². The van der Waals surface area contributed by atoms with Crippen molar-refractivity contribution in [1.29, 1.82) is 0 Å². The van der Waals surface area contributed by atoms with Crippen LogP contribution in [0.4, 0.5) is 0 Å². The molecule has 0 atom stereocenters. The Kier molecular flexibility index (Phi) is 4.80. The maximum absolute atomic E-state index is 2.32. The van der Waals surface area contributed by atoms with Crippen molar-refractivity contribution >= 4 is 27.4 Å². The van der Waals surface area contributed by atoms with Crippen molar-refractivity contribution in [2.45, 2.75) is 0 Å². The second kappa shape index (κ2) is 7.53. The van der Waals surface area contributed by atoms with Crippen LogP contribution in [0.2, 0.25) is 0 Å². The van der Waals surface area contributed by atoms with E-state index in [1.165, 1.54) is 24.4 Å². The lowest BCUT2D eigenvalue weighted by Gasteiger charge is -2.18. The van der Waals surface area contributed by atoms with Crippen LogP contribution in [0, 0.1) is 0 Å². The molecule has 0 aliphatic carbocycles. The summed E-state index contributed by atoms with van der Waals surface area (Å²) in [5.41, 5.74) is 2.65. The molecule has 0 unspecified atom stereocenters. The molecule has 25 heavy (non-hydrogen) atoms. The maximum atomic E-state index is 2.32. The number of benzene rings is 4. The van der Waals surface area contributed by atoms with Crippen molar-refractivity contribution in [3.05, 3.63) is 115 Å². The van der Waals surface area contributed by atoms with E-state index in [0.717, 1.165) is 0 Å². The Bertz CT molecular complexity index is 892. The van der Waals surface area contributed by atoms with Crippen LogP contribution in [0.15, 0.2) is 115 Å². The van der Waals surface area contributed by atoms with Crippen LogP contribution < -0.4 is 13.3 Å². The Labute approximate surface area is 153 Å². The van der Waals surface area contributed by atoms with Gasteiger partial charge in [-0.1, -0.05) is 129 Å². The smallest absolute Gasteiger partial charge is 0.0985 e. The van der Waals surface area contributed by atoms with Crippen molar-refractivity contribution in [2.24, 2.45) is 0 Å². The summed E-state index contributed by atoms with van der Waals surface area (Å²) in [5, 5.41) is 0. The van der Waals surface area contributed by atoms with Gasteiger partial charge in [0.25, 0.3) is 0 Å². The fourth-order valence-electron chi connectivity index (χ4n) is 3.47. The zero-order valence-electron chi connectivity index (χ0n) is 14.0. The lowest BCUT2D eigenvalue weighted by Crippen LogP contribution is -2.52. The Morgan fingerprint density at radius 2 is 0.840 bits per heavy atom. The molecule has 0 aliphatic heterocycles. The van der Waals surface area contributed by atoms with Gasteiger partial charge in [-0.25, -0.2) is 0 Å². The Morgan fingerprint density at radius 1 is 0.400 bits per heavy atom. The van der Waals surface area contributed by atoms with E-state index in [1.807, 2.05) is 0 Å². The number of rotatable bonds is 4. The lowest BCUT2D eigenvalue weighted by molar-refractivity contribution is 1.64. The van der Waals surface area contributed by atoms with E-state index in [4.69, 9.17) is 0 Å². The first kappa shape index (κ1) is 15.9. The maximum Gasteiger partial charge on any atom is 0.384 e. The molecule has 0 amide bonds. The highest BCUT2D eigenvalue weighted by Gasteiger charge is 2.27. The molecule has 4 rings (SSSR count). The molecule has 0 aliphatic rings. The van der Waals surface area contributed by atoms with E-state index in [1.54, 1.807) is 0 Å². The predicted molar refractivity (Wildman–Crippen MR) is 109 cm³/mol. The van der Waals surface area contributed by atoms with Crippen molar-refractivity contribution < 1.29 is 0 Å². The van der Waals surface area contributed by atoms with Gasteiger partial charge in [-0.3, -0.25) is 0 Å². The van der Waals surface area contributed by atoms with E-state index in [2.05, 4.69) is 115 Å². The summed E-state index contributed by atoms with van der Waals surface area (Å²) in [7, 11) is 0. The van der Waals surface area contributed by atoms with Crippen molar-refractivity contribution in [2.75, 3.05) is 0 Å². The normalized spacial score (nSPS) is 10.4.